The molecule has 1 aromatic rings. The van der Waals surface area contributed by atoms with Crippen LogP contribution in [0.1, 0.15) is 12.8 Å². The SMILES string of the molecule is NC1=CCC(Oc2ccc(OC3=C(C(F)(F)F)CC(N)C=C3)cc2)C(C(F)(F)F)=C1. The van der Waals surface area contributed by atoms with Crippen LogP contribution in [0.4, 0.5) is 26.3 Å². The van der Waals surface area contributed by atoms with E-state index in [2.05, 4.69) is 0 Å². The van der Waals surface area contributed by atoms with Gasteiger partial charge in [0.25, 0.3) is 0 Å². The van der Waals surface area contributed by atoms with E-state index in [0.717, 1.165) is 12.2 Å². The van der Waals surface area contributed by atoms with Crippen LogP contribution in [0.3, 0.4) is 0 Å². The number of hydrogen-bond acceptors (Lipinski definition) is 4. The second-order valence-corrected chi connectivity index (χ2v) is 6.78. The summed E-state index contributed by atoms with van der Waals surface area (Å²) in [5.41, 5.74) is 9.20. The number of benzene rings is 1. The molecule has 4 nitrogen and oxygen atoms in total. The van der Waals surface area contributed by atoms with E-state index in [1.807, 2.05) is 0 Å². The van der Waals surface area contributed by atoms with E-state index in [9.17, 15) is 26.3 Å². The molecular formula is C20H18F6N2O2. The zero-order valence-corrected chi connectivity index (χ0v) is 15.4. The molecule has 3 rings (SSSR count). The Morgan fingerprint density at radius 2 is 1.57 bits per heavy atom. The number of halogens is 6. The maximum Gasteiger partial charge on any atom is 0.416 e. The molecule has 4 N–H and O–H groups in total. The van der Waals surface area contributed by atoms with Gasteiger partial charge in [0.15, 0.2) is 0 Å². The first-order valence-electron chi connectivity index (χ1n) is 8.86. The number of rotatable bonds is 4. The highest BCUT2D eigenvalue weighted by atomic mass is 19.4. The van der Waals surface area contributed by atoms with Crippen LogP contribution in [-0.4, -0.2) is 24.5 Å². The summed E-state index contributed by atoms with van der Waals surface area (Å²) >= 11 is 0. The van der Waals surface area contributed by atoms with Gasteiger partial charge in [0.2, 0.25) is 0 Å². The topological polar surface area (TPSA) is 70.5 Å². The molecule has 0 saturated heterocycles. The number of hydrogen-bond donors (Lipinski definition) is 2. The summed E-state index contributed by atoms with van der Waals surface area (Å²) in [4.78, 5) is 0. The molecule has 0 aromatic heterocycles. The summed E-state index contributed by atoms with van der Waals surface area (Å²) in [6.45, 7) is 0. The fourth-order valence-corrected chi connectivity index (χ4v) is 3.02. The van der Waals surface area contributed by atoms with Crippen molar-refractivity contribution in [1.82, 2.24) is 0 Å². The van der Waals surface area contributed by atoms with E-state index in [0.29, 0.717) is 0 Å². The second-order valence-electron chi connectivity index (χ2n) is 6.78. The highest BCUT2D eigenvalue weighted by molar-refractivity contribution is 5.38. The largest absolute Gasteiger partial charge is 0.485 e. The van der Waals surface area contributed by atoms with Crippen LogP contribution < -0.4 is 20.9 Å². The van der Waals surface area contributed by atoms with Gasteiger partial charge in [-0.1, -0.05) is 12.2 Å². The number of ether oxygens (including phenoxy) is 2. The third-order valence-corrected chi connectivity index (χ3v) is 4.47. The lowest BCUT2D eigenvalue weighted by atomic mass is 9.99. The first kappa shape index (κ1) is 21.8. The number of alkyl halides is 6. The normalized spacial score (nSPS) is 22.5. The molecule has 0 fully saturated rings. The zero-order valence-electron chi connectivity index (χ0n) is 15.4. The fourth-order valence-electron chi connectivity index (χ4n) is 3.02. The lowest BCUT2D eigenvalue weighted by molar-refractivity contribution is -0.104. The Balaban J connectivity index is 1.74. The van der Waals surface area contributed by atoms with Crippen LogP contribution in [0.2, 0.25) is 0 Å². The Labute approximate surface area is 168 Å². The highest BCUT2D eigenvalue weighted by Crippen LogP contribution is 2.37. The van der Waals surface area contributed by atoms with Crippen molar-refractivity contribution in [3.05, 3.63) is 71.2 Å². The van der Waals surface area contributed by atoms with Crippen molar-refractivity contribution < 1.29 is 35.8 Å². The van der Waals surface area contributed by atoms with Crippen molar-refractivity contribution in [3.8, 4) is 11.5 Å². The molecule has 0 bridgehead atoms. The molecule has 2 aliphatic carbocycles. The molecule has 0 aliphatic heterocycles. The quantitative estimate of drug-likeness (QED) is 0.680. The Kier molecular flexibility index (Phi) is 5.89. The summed E-state index contributed by atoms with van der Waals surface area (Å²) in [5, 5.41) is 0. The summed E-state index contributed by atoms with van der Waals surface area (Å²) in [7, 11) is 0. The molecule has 0 saturated carbocycles. The molecule has 2 atom stereocenters. The van der Waals surface area contributed by atoms with Crippen molar-refractivity contribution >= 4 is 0 Å². The van der Waals surface area contributed by atoms with Crippen molar-refractivity contribution in [1.29, 1.82) is 0 Å². The molecule has 2 aliphatic rings. The zero-order chi connectivity index (χ0) is 22.1. The van der Waals surface area contributed by atoms with Crippen molar-refractivity contribution in [2.45, 2.75) is 37.3 Å². The standard InChI is InChI=1S/C20H18F6N2O2/c21-19(22,23)15-9-11(27)1-7-17(15)29-13-3-5-14(6-4-13)30-18-8-2-12(28)10-16(18)20(24,25)26/h1-7,10-11,18H,8-9,27-28H2. The van der Waals surface area contributed by atoms with Gasteiger partial charge in [0, 0.05) is 18.2 Å². The maximum absolute atomic E-state index is 13.2. The van der Waals surface area contributed by atoms with Crippen LogP contribution in [0.5, 0.6) is 11.5 Å². The Bertz CT molecular complexity index is 911. The molecule has 10 heteroatoms. The summed E-state index contributed by atoms with van der Waals surface area (Å²) in [5.74, 6) is -0.214. The molecular weight excluding hydrogens is 414 g/mol. The van der Waals surface area contributed by atoms with Gasteiger partial charge in [-0.15, -0.1) is 0 Å². The van der Waals surface area contributed by atoms with E-state index in [1.54, 1.807) is 0 Å². The van der Waals surface area contributed by atoms with Gasteiger partial charge >= 0.3 is 12.4 Å². The Morgan fingerprint density at radius 3 is 2.17 bits per heavy atom. The average molecular weight is 432 g/mol. The van der Waals surface area contributed by atoms with E-state index < -0.39 is 42.1 Å². The minimum absolute atomic E-state index is 0.0000726. The minimum atomic E-state index is -4.61. The van der Waals surface area contributed by atoms with Gasteiger partial charge in [-0.3, -0.25) is 0 Å². The van der Waals surface area contributed by atoms with Crippen LogP contribution in [0.25, 0.3) is 0 Å². The molecule has 0 heterocycles. The van der Waals surface area contributed by atoms with Gasteiger partial charge < -0.3 is 20.9 Å². The first-order chi connectivity index (χ1) is 13.9. The average Bonchev–Trinajstić information content (AvgIpc) is 2.64. The summed E-state index contributed by atoms with van der Waals surface area (Å²) in [6.07, 6.45) is -6.19. The van der Waals surface area contributed by atoms with Crippen molar-refractivity contribution in [2.75, 3.05) is 0 Å². The molecule has 30 heavy (non-hydrogen) atoms. The minimum Gasteiger partial charge on any atom is -0.485 e. The lowest BCUT2D eigenvalue weighted by Gasteiger charge is -2.26. The summed E-state index contributed by atoms with van der Waals surface area (Å²) in [6, 6.07) is 4.49. The Morgan fingerprint density at radius 1 is 0.933 bits per heavy atom. The maximum atomic E-state index is 13.2. The molecule has 0 radical (unpaired) electrons. The van der Waals surface area contributed by atoms with Gasteiger partial charge in [-0.2, -0.15) is 26.3 Å². The van der Waals surface area contributed by atoms with Crippen molar-refractivity contribution in [3.63, 3.8) is 0 Å². The van der Waals surface area contributed by atoms with E-state index >= 15 is 0 Å². The van der Waals surface area contributed by atoms with E-state index in [1.165, 1.54) is 36.4 Å². The molecule has 162 valence electrons. The monoisotopic (exact) mass is 432 g/mol. The molecule has 1 aromatic carbocycles. The smallest absolute Gasteiger partial charge is 0.416 e. The van der Waals surface area contributed by atoms with Crippen LogP contribution in [-0.2, 0) is 0 Å². The van der Waals surface area contributed by atoms with Gasteiger partial charge in [-0.25, -0.2) is 0 Å². The van der Waals surface area contributed by atoms with Crippen LogP contribution in [0, 0.1) is 0 Å². The second kappa shape index (κ2) is 8.10. The number of nitrogens with two attached hydrogens (primary N) is 2. The fraction of sp³-hybridized carbons (Fsp3) is 0.300. The molecule has 0 amide bonds. The van der Waals surface area contributed by atoms with Gasteiger partial charge in [-0.05, 0) is 42.8 Å². The van der Waals surface area contributed by atoms with Gasteiger partial charge in [0.05, 0.1) is 11.1 Å². The third-order valence-electron chi connectivity index (χ3n) is 4.47. The third kappa shape index (κ3) is 5.18. The lowest BCUT2D eigenvalue weighted by Crippen LogP contribution is -2.31. The predicted molar refractivity (Wildman–Crippen MR) is 97.3 cm³/mol. The predicted octanol–water partition coefficient (Wildman–Crippen LogP) is 4.65. The summed E-state index contributed by atoms with van der Waals surface area (Å²) < 4.78 is 89.9. The molecule has 0 spiro atoms. The van der Waals surface area contributed by atoms with Crippen LogP contribution >= 0.6 is 0 Å². The van der Waals surface area contributed by atoms with Gasteiger partial charge in [0.1, 0.15) is 23.4 Å². The highest BCUT2D eigenvalue weighted by Gasteiger charge is 2.41. The first-order valence-corrected chi connectivity index (χ1v) is 8.86. The van der Waals surface area contributed by atoms with E-state index in [-0.39, 0.29) is 29.4 Å². The van der Waals surface area contributed by atoms with Crippen LogP contribution in [0.15, 0.2) is 71.2 Å². The van der Waals surface area contributed by atoms with Crippen molar-refractivity contribution in [2.24, 2.45) is 11.5 Å². The number of allylic oxidation sites excluding steroid dienone is 2. The van der Waals surface area contributed by atoms with E-state index in [4.69, 9.17) is 20.9 Å². The molecule has 2 unspecified atom stereocenters. The Hall–Kier alpha value is -2.88.